The van der Waals surface area contributed by atoms with Crippen molar-refractivity contribution in [2.75, 3.05) is 12.4 Å². The van der Waals surface area contributed by atoms with Crippen LogP contribution in [0.25, 0.3) is 5.65 Å². The summed E-state index contributed by atoms with van der Waals surface area (Å²) in [6.07, 6.45) is 4.55. The van der Waals surface area contributed by atoms with Gasteiger partial charge in [0.15, 0.2) is 5.65 Å². The van der Waals surface area contributed by atoms with Crippen LogP contribution >= 0.6 is 11.3 Å². The summed E-state index contributed by atoms with van der Waals surface area (Å²) in [5.41, 5.74) is 6.37. The van der Waals surface area contributed by atoms with Crippen LogP contribution in [0, 0.1) is 6.92 Å². The first kappa shape index (κ1) is 16.6. The van der Waals surface area contributed by atoms with Crippen molar-refractivity contribution < 1.29 is 19.1 Å². The Bertz CT molecular complexity index is 1010. The number of hydrogen-bond donors (Lipinski definition) is 2. The summed E-state index contributed by atoms with van der Waals surface area (Å²) >= 11 is 0.914. The van der Waals surface area contributed by atoms with Crippen LogP contribution < -0.4 is 11.1 Å². The lowest BCUT2D eigenvalue weighted by Gasteiger charge is -2.05. The second-order valence-corrected chi connectivity index (χ2v) is 6.04. The van der Waals surface area contributed by atoms with E-state index in [1.165, 1.54) is 24.0 Å². The summed E-state index contributed by atoms with van der Waals surface area (Å²) in [6, 6.07) is 1.68. The lowest BCUT2D eigenvalue weighted by Crippen LogP contribution is -2.14. The van der Waals surface area contributed by atoms with E-state index >= 15 is 0 Å². The maximum Gasteiger partial charge on any atom is 0.341 e. The second-order valence-electron chi connectivity index (χ2n) is 5.02. The third-order valence-electron chi connectivity index (χ3n) is 3.51. The molecule has 0 unspecified atom stereocenters. The highest BCUT2D eigenvalue weighted by molar-refractivity contribution is 7.18. The third-order valence-corrected chi connectivity index (χ3v) is 4.73. The SMILES string of the molecule is COC(=O)c1c(NC(=O)c2cnn3cccnc23)sc(C(N)=O)c1C. The highest BCUT2D eigenvalue weighted by atomic mass is 32.1. The minimum Gasteiger partial charge on any atom is -0.465 e. The van der Waals surface area contributed by atoms with Crippen molar-refractivity contribution in [1.82, 2.24) is 14.6 Å². The van der Waals surface area contributed by atoms with Crippen molar-refractivity contribution in [1.29, 1.82) is 0 Å². The Morgan fingerprint density at radius 2 is 2.12 bits per heavy atom. The van der Waals surface area contributed by atoms with Crippen molar-refractivity contribution in [2.24, 2.45) is 5.73 Å². The van der Waals surface area contributed by atoms with Crippen molar-refractivity contribution in [2.45, 2.75) is 6.92 Å². The minimum atomic E-state index is -0.689. The third kappa shape index (κ3) is 2.83. The molecule has 0 radical (unpaired) electrons. The Kier molecular flexibility index (Phi) is 4.19. The zero-order chi connectivity index (χ0) is 18.1. The molecule has 2 amide bonds. The number of carbonyl (C=O) groups excluding carboxylic acids is 3. The van der Waals surface area contributed by atoms with Crippen LogP contribution in [0.15, 0.2) is 24.7 Å². The van der Waals surface area contributed by atoms with E-state index in [0.717, 1.165) is 11.3 Å². The molecule has 10 heteroatoms. The Labute approximate surface area is 145 Å². The van der Waals surface area contributed by atoms with Crippen LogP contribution in [0.3, 0.4) is 0 Å². The highest BCUT2D eigenvalue weighted by Crippen LogP contribution is 2.33. The van der Waals surface area contributed by atoms with Crippen LogP contribution in [0.5, 0.6) is 0 Å². The number of fused-ring (bicyclic) bond motifs is 1. The van der Waals surface area contributed by atoms with Gasteiger partial charge in [0.05, 0.1) is 23.7 Å². The smallest absolute Gasteiger partial charge is 0.341 e. The quantitative estimate of drug-likeness (QED) is 0.674. The van der Waals surface area contributed by atoms with Crippen molar-refractivity contribution in [3.05, 3.63) is 46.2 Å². The number of rotatable bonds is 4. The molecule has 128 valence electrons. The van der Waals surface area contributed by atoms with E-state index in [2.05, 4.69) is 15.4 Å². The summed E-state index contributed by atoms with van der Waals surface area (Å²) in [7, 11) is 1.21. The number of carbonyl (C=O) groups is 3. The summed E-state index contributed by atoms with van der Waals surface area (Å²) in [5.74, 6) is -1.88. The van der Waals surface area contributed by atoms with E-state index in [-0.39, 0.29) is 21.0 Å². The summed E-state index contributed by atoms with van der Waals surface area (Å²) in [5, 5.41) is 6.83. The van der Waals surface area contributed by atoms with E-state index in [4.69, 9.17) is 10.5 Å². The normalized spacial score (nSPS) is 10.6. The topological polar surface area (TPSA) is 129 Å². The number of nitrogens with one attached hydrogen (secondary N) is 1. The van der Waals surface area contributed by atoms with Gasteiger partial charge in [-0.1, -0.05) is 0 Å². The van der Waals surface area contributed by atoms with Gasteiger partial charge in [-0.05, 0) is 18.6 Å². The van der Waals surface area contributed by atoms with Crippen LogP contribution in [0.1, 0.15) is 36.0 Å². The fraction of sp³-hybridized carbons (Fsp3) is 0.133. The first-order chi connectivity index (χ1) is 11.9. The molecule has 0 bridgehead atoms. The molecule has 0 atom stereocenters. The predicted octanol–water partition coefficient (Wildman–Crippen LogP) is 1.24. The fourth-order valence-electron chi connectivity index (χ4n) is 2.34. The molecule has 0 aliphatic heterocycles. The molecule has 9 nitrogen and oxygen atoms in total. The van der Waals surface area contributed by atoms with Gasteiger partial charge in [-0.25, -0.2) is 14.3 Å². The number of esters is 1. The maximum absolute atomic E-state index is 12.6. The predicted molar refractivity (Wildman–Crippen MR) is 89.9 cm³/mol. The monoisotopic (exact) mass is 359 g/mol. The average Bonchev–Trinajstić information content (AvgIpc) is 3.15. The van der Waals surface area contributed by atoms with Gasteiger partial charge in [0.25, 0.3) is 11.8 Å². The van der Waals surface area contributed by atoms with E-state index < -0.39 is 17.8 Å². The molecular weight excluding hydrogens is 346 g/mol. The zero-order valence-electron chi connectivity index (χ0n) is 13.3. The number of hydrogen-bond acceptors (Lipinski definition) is 7. The number of nitrogens with two attached hydrogens (primary N) is 1. The van der Waals surface area contributed by atoms with Gasteiger partial charge in [0.2, 0.25) is 0 Å². The van der Waals surface area contributed by atoms with Gasteiger partial charge in [-0.15, -0.1) is 11.3 Å². The number of thiophene rings is 1. The van der Waals surface area contributed by atoms with E-state index in [1.807, 2.05) is 0 Å². The van der Waals surface area contributed by atoms with Crippen LogP contribution in [-0.2, 0) is 4.74 Å². The lowest BCUT2D eigenvalue weighted by atomic mass is 10.1. The molecular formula is C15H13N5O4S. The molecule has 0 spiro atoms. The second kappa shape index (κ2) is 6.32. The van der Waals surface area contributed by atoms with Crippen molar-refractivity contribution in [3.63, 3.8) is 0 Å². The molecule has 3 aromatic heterocycles. The van der Waals surface area contributed by atoms with Gasteiger partial charge in [0, 0.05) is 12.4 Å². The molecule has 0 fully saturated rings. The molecule has 3 aromatic rings. The molecule has 3 rings (SSSR count). The number of amides is 2. The molecule has 0 saturated heterocycles. The highest BCUT2D eigenvalue weighted by Gasteiger charge is 2.26. The van der Waals surface area contributed by atoms with Gasteiger partial charge in [-0.2, -0.15) is 5.10 Å². The molecule has 0 saturated carbocycles. The maximum atomic E-state index is 12.6. The van der Waals surface area contributed by atoms with Gasteiger partial charge in [0.1, 0.15) is 10.6 Å². The number of primary amides is 1. The minimum absolute atomic E-state index is 0.0964. The van der Waals surface area contributed by atoms with Crippen LogP contribution in [0.2, 0.25) is 0 Å². The number of nitrogens with zero attached hydrogens (tertiary/aromatic N) is 3. The number of ether oxygens (including phenoxy) is 1. The van der Waals surface area contributed by atoms with Gasteiger partial charge < -0.3 is 15.8 Å². The molecule has 0 aliphatic carbocycles. The number of anilines is 1. The van der Waals surface area contributed by atoms with Crippen molar-refractivity contribution in [3.8, 4) is 0 Å². The van der Waals surface area contributed by atoms with Crippen LogP contribution in [-0.4, -0.2) is 39.5 Å². The molecule has 3 heterocycles. The molecule has 3 N–H and O–H groups in total. The van der Waals surface area contributed by atoms with E-state index in [1.54, 1.807) is 19.2 Å². The van der Waals surface area contributed by atoms with E-state index in [0.29, 0.717) is 11.2 Å². The Hall–Kier alpha value is -3.27. The summed E-state index contributed by atoms with van der Waals surface area (Å²) in [6.45, 7) is 1.56. The zero-order valence-corrected chi connectivity index (χ0v) is 14.1. The van der Waals surface area contributed by atoms with Gasteiger partial charge in [-0.3, -0.25) is 9.59 Å². The van der Waals surface area contributed by atoms with Crippen LogP contribution in [0.4, 0.5) is 5.00 Å². The standard InChI is InChI=1S/C15H13N5O4S/c1-7-9(15(23)24-2)14(25-10(7)11(16)21)19-13(22)8-6-18-20-5-3-4-17-12(8)20/h3-6H,1-2H3,(H2,16,21)(H,19,22). The lowest BCUT2D eigenvalue weighted by molar-refractivity contribution is 0.0601. The largest absolute Gasteiger partial charge is 0.465 e. The first-order valence-corrected chi connectivity index (χ1v) is 7.87. The van der Waals surface area contributed by atoms with Gasteiger partial charge >= 0.3 is 5.97 Å². The number of methoxy groups -OCH3 is 1. The molecule has 0 aromatic carbocycles. The first-order valence-electron chi connectivity index (χ1n) is 7.05. The Morgan fingerprint density at radius 3 is 2.80 bits per heavy atom. The molecule has 25 heavy (non-hydrogen) atoms. The summed E-state index contributed by atoms with van der Waals surface area (Å²) in [4.78, 5) is 40.4. The van der Waals surface area contributed by atoms with Crippen molar-refractivity contribution >= 4 is 39.8 Å². The Morgan fingerprint density at radius 1 is 1.36 bits per heavy atom. The summed E-state index contributed by atoms with van der Waals surface area (Å²) < 4.78 is 6.18. The number of aromatic nitrogens is 3. The Balaban J connectivity index is 2.02. The van der Waals surface area contributed by atoms with E-state index in [9.17, 15) is 14.4 Å². The fourth-order valence-corrected chi connectivity index (χ4v) is 3.38. The molecule has 0 aliphatic rings. The average molecular weight is 359 g/mol.